The van der Waals surface area contributed by atoms with Crippen molar-refractivity contribution in [2.24, 2.45) is 0 Å². The number of rotatable bonds is 8. The van der Waals surface area contributed by atoms with Crippen LogP contribution in [0.15, 0.2) is 24.4 Å². The smallest absolute Gasteiger partial charge is 0.335 e. The first-order chi connectivity index (χ1) is 11.9. The number of aromatic nitrogens is 3. The van der Waals surface area contributed by atoms with E-state index in [-0.39, 0.29) is 17.1 Å². The third-order valence-corrected chi connectivity index (χ3v) is 3.51. The topological polar surface area (TPSA) is 132 Å². The van der Waals surface area contributed by atoms with Gasteiger partial charge in [-0.3, -0.25) is 4.79 Å². The molecule has 0 saturated carbocycles. The third kappa shape index (κ3) is 4.87. The first kappa shape index (κ1) is 18.1. The van der Waals surface area contributed by atoms with Crippen LogP contribution in [0.5, 0.6) is 0 Å². The minimum atomic E-state index is -1.23. The molecular weight excluding hydrogens is 330 g/mol. The second-order valence-electron chi connectivity index (χ2n) is 5.32. The molecule has 0 unspecified atom stereocenters. The Balaban J connectivity index is 2.12. The molecule has 0 aliphatic carbocycles. The van der Waals surface area contributed by atoms with Crippen LogP contribution in [0.25, 0.3) is 5.69 Å². The average molecular weight is 347 g/mol. The molecule has 0 aliphatic heterocycles. The zero-order chi connectivity index (χ0) is 18.4. The van der Waals surface area contributed by atoms with Crippen molar-refractivity contribution in [1.82, 2.24) is 15.0 Å². The Morgan fingerprint density at radius 3 is 2.28 bits per heavy atom. The Kier molecular flexibility index (Phi) is 5.83. The predicted molar refractivity (Wildman–Crippen MR) is 84.8 cm³/mol. The Hall–Kier alpha value is -3.23. The van der Waals surface area contributed by atoms with Crippen molar-refractivity contribution in [3.63, 3.8) is 0 Å². The second kappa shape index (κ2) is 8.04. The number of hydrogen-bond donors (Lipinski definition) is 2. The van der Waals surface area contributed by atoms with E-state index in [0.29, 0.717) is 37.1 Å². The molecule has 1 aromatic carbocycles. The first-order valence-corrected chi connectivity index (χ1v) is 7.51. The molecule has 132 valence electrons. The molecule has 2 aromatic rings. The van der Waals surface area contributed by atoms with E-state index in [9.17, 15) is 14.4 Å². The fraction of sp³-hybridized carbons (Fsp3) is 0.312. The molecule has 0 fully saturated rings. The summed E-state index contributed by atoms with van der Waals surface area (Å²) in [5.74, 6) is -2.73. The Morgan fingerprint density at radius 1 is 1.08 bits per heavy atom. The van der Waals surface area contributed by atoms with Gasteiger partial charge in [-0.05, 0) is 37.5 Å². The Morgan fingerprint density at radius 2 is 1.72 bits per heavy atom. The lowest BCUT2D eigenvalue weighted by molar-refractivity contribution is -0.140. The van der Waals surface area contributed by atoms with Crippen molar-refractivity contribution in [2.45, 2.75) is 25.7 Å². The molecule has 1 heterocycles. The monoisotopic (exact) mass is 347 g/mol. The lowest BCUT2D eigenvalue weighted by Crippen LogP contribution is -2.06. The number of esters is 1. The van der Waals surface area contributed by atoms with E-state index < -0.39 is 11.9 Å². The summed E-state index contributed by atoms with van der Waals surface area (Å²) in [5.41, 5.74) is 0.656. The fourth-order valence-electron chi connectivity index (χ4n) is 2.21. The van der Waals surface area contributed by atoms with Crippen molar-refractivity contribution in [1.29, 1.82) is 0 Å². The molecule has 0 bridgehead atoms. The van der Waals surface area contributed by atoms with Crippen LogP contribution in [0.3, 0.4) is 0 Å². The van der Waals surface area contributed by atoms with Gasteiger partial charge in [0.25, 0.3) is 0 Å². The predicted octanol–water partition coefficient (Wildman–Crippen LogP) is 1.55. The maximum absolute atomic E-state index is 11.1. The highest BCUT2D eigenvalue weighted by atomic mass is 16.5. The minimum Gasteiger partial charge on any atom is -0.478 e. The number of carboxylic acid groups (broad SMARTS) is 2. The summed E-state index contributed by atoms with van der Waals surface area (Å²) in [7, 11) is 1.34. The summed E-state index contributed by atoms with van der Waals surface area (Å²) in [5, 5.41) is 26.1. The van der Waals surface area contributed by atoms with Crippen LogP contribution in [0.1, 0.15) is 45.7 Å². The number of carboxylic acids is 2. The van der Waals surface area contributed by atoms with Gasteiger partial charge in [0.2, 0.25) is 0 Å². The molecule has 0 aliphatic rings. The molecule has 0 amide bonds. The molecule has 0 atom stereocenters. The van der Waals surface area contributed by atoms with Crippen LogP contribution < -0.4 is 0 Å². The fourth-order valence-corrected chi connectivity index (χ4v) is 2.21. The van der Waals surface area contributed by atoms with E-state index in [1.807, 2.05) is 0 Å². The third-order valence-electron chi connectivity index (χ3n) is 3.51. The summed E-state index contributed by atoms with van der Waals surface area (Å²) < 4.78 is 5.89. The number of ether oxygens (including phenoxy) is 1. The van der Waals surface area contributed by atoms with Crippen molar-refractivity contribution in [3.8, 4) is 5.69 Å². The van der Waals surface area contributed by atoms with E-state index in [2.05, 4.69) is 15.0 Å². The van der Waals surface area contributed by atoms with Crippen LogP contribution in [-0.2, 0) is 16.0 Å². The van der Waals surface area contributed by atoms with Gasteiger partial charge in [-0.1, -0.05) is 5.21 Å². The molecule has 9 heteroatoms. The normalized spacial score (nSPS) is 10.4. The maximum atomic E-state index is 11.1. The number of nitrogens with zero attached hydrogens (tertiary/aromatic N) is 3. The highest BCUT2D eigenvalue weighted by molar-refractivity contribution is 5.94. The maximum Gasteiger partial charge on any atom is 0.335 e. The van der Waals surface area contributed by atoms with Gasteiger partial charge < -0.3 is 14.9 Å². The molecule has 1 aromatic heterocycles. The van der Waals surface area contributed by atoms with Gasteiger partial charge in [-0.15, -0.1) is 5.10 Å². The average Bonchev–Trinajstić information content (AvgIpc) is 3.06. The summed E-state index contributed by atoms with van der Waals surface area (Å²) in [6.45, 7) is 0. The quantitative estimate of drug-likeness (QED) is 0.543. The molecule has 0 radical (unpaired) electrons. The van der Waals surface area contributed by atoms with Gasteiger partial charge in [0, 0.05) is 6.42 Å². The van der Waals surface area contributed by atoms with Gasteiger partial charge in [-0.2, -0.15) is 0 Å². The Labute approximate surface area is 142 Å². The number of carbonyl (C=O) groups is 3. The molecule has 25 heavy (non-hydrogen) atoms. The zero-order valence-electron chi connectivity index (χ0n) is 13.5. The van der Waals surface area contributed by atoms with E-state index >= 15 is 0 Å². The highest BCUT2D eigenvalue weighted by Gasteiger charge is 2.13. The van der Waals surface area contributed by atoms with Crippen LogP contribution in [0.4, 0.5) is 0 Å². The van der Waals surface area contributed by atoms with Crippen LogP contribution in [0.2, 0.25) is 0 Å². The number of methoxy groups -OCH3 is 1. The molecule has 2 N–H and O–H groups in total. The van der Waals surface area contributed by atoms with Gasteiger partial charge in [0.05, 0.1) is 35.8 Å². The van der Waals surface area contributed by atoms with Gasteiger partial charge in [-0.25, -0.2) is 14.3 Å². The number of aromatic carboxylic acids is 2. The second-order valence-corrected chi connectivity index (χ2v) is 5.32. The molecule has 9 nitrogen and oxygen atoms in total. The van der Waals surface area contributed by atoms with Crippen LogP contribution in [-0.4, -0.2) is 50.2 Å². The van der Waals surface area contributed by atoms with E-state index in [0.717, 1.165) is 6.07 Å². The molecular formula is C16H17N3O6. The SMILES string of the molecule is COC(=O)CCCCc1cn(-c2cc(C(=O)O)cc(C(=O)O)c2)nn1. The van der Waals surface area contributed by atoms with E-state index in [4.69, 9.17) is 10.2 Å². The number of benzene rings is 1. The highest BCUT2D eigenvalue weighted by Crippen LogP contribution is 2.15. The number of hydrogen-bond acceptors (Lipinski definition) is 6. The number of aryl methyl sites for hydroxylation is 1. The summed E-state index contributed by atoms with van der Waals surface area (Å²) >= 11 is 0. The first-order valence-electron chi connectivity index (χ1n) is 7.51. The largest absolute Gasteiger partial charge is 0.478 e. The van der Waals surface area contributed by atoms with Gasteiger partial charge in [0.1, 0.15) is 0 Å². The molecule has 0 spiro atoms. The van der Waals surface area contributed by atoms with Crippen molar-refractivity contribution in [2.75, 3.05) is 7.11 Å². The van der Waals surface area contributed by atoms with Gasteiger partial charge in [0.15, 0.2) is 0 Å². The van der Waals surface area contributed by atoms with Crippen LogP contribution in [0, 0.1) is 0 Å². The van der Waals surface area contributed by atoms with Crippen molar-refractivity contribution in [3.05, 3.63) is 41.2 Å². The van der Waals surface area contributed by atoms with Crippen LogP contribution >= 0.6 is 0 Å². The van der Waals surface area contributed by atoms with E-state index in [1.54, 1.807) is 6.20 Å². The molecule has 0 saturated heterocycles. The number of carbonyl (C=O) groups excluding carboxylic acids is 1. The van der Waals surface area contributed by atoms with Crippen molar-refractivity contribution >= 4 is 17.9 Å². The summed E-state index contributed by atoms with van der Waals surface area (Å²) in [6.07, 6.45) is 3.87. The Bertz CT molecular complexity index is 767. The standard InChI is InChI=1S/C16H17N3O6/c1-25-14(20)5-3-2-4-12-9-19(18-17-12)13-7-10(15(21)22)6-11(8-13)16(23)24/h6-9H,2-5H2,1H3,(H,21,22)(H,23,24). The molecule has 2 rings (SSSR count). The number of unbranched alkanes of at least 4 members (excludes halogenated alkanes) is 1. The van der Waals surface area contributed by atoms with E-state index in [1.165, 1.54) is 23.9 Å². The summed E-state index contributed by atoms with van der Waals surface area (Å²) in [4.78, 5) is 33.3. The van der Waals surface area contributed by atoms with Gasteiger partial charge >= 0.3 is 17.9 Å². The minimum absolute atomic E-state index is 0.148. The lowest BCUT2D eigenvalue weighted by Gasteiger charge is -2.04. The summed E-state index contributed by atoms with van der Waals surface area (Å²) in [6, 6.07) is 3.73. The lowest BCUT2D eigenvalue weighted by atomic mass is 10.1. The van der Waals surface area contributed by atoms with Crippen molar-refractivity contribution < 1.29 is 29.3 Å². The zero-order valence-corrected chi connectivity index (χ0v) is 13.5.